The van der Waals surface area contributed by atoms with Crippen molar-refractivity contribution >= 4 is 15.9 Å². The van der Waals surface area contributed by atoms with Crippen LogP contribution in [0.3, 0.4) is 0 Å². The van der Waals surface area contributed by atoms with E-state index in [2.05, 4.69) is 25.9 Å². The second-order valence-electron chi connectivity index (χ2n) is 3.14. The number of aryl methyl sites for hydroxylation is 1. The van der Waals surface area contributed by atoms with E-state index in [0.29, 0.717) is 0 Å². The first kappa shape index (κ1) is 10.3. The number of rotatable bonds is 2. The van der Waals surface area contributed by atoms with Crippen LogP contribution in [-0.4, -0.2) is 19.6 Å². The number of nitrogens with zero attached hydrogens (tertiary/aromatic N) is 3. The number of aromatic nitrogens is 3. The minimum absolute atomic E-state index is 0.0423. The third-order valence-corrected chi connectivity index (χ3v) is 2.57. The molecule has 0 bridgehead atoms. The van der Waals surface area contributed by atoms with Gasteiger partial charge >= 0.3 is 0 Å². The molecule has 0 aromatic carbocycles. The van der Waals surface area contributed by atoms with Gasteiger partial charge in [0.05, 0.1) is 6.61 Å². The zero-order chi connectivity index (χ0) is 10.8. The number of hydrogen-bond acceptors (Lipinski definition) is 3. The van der Waals surface area contributed by atoms with Gasteiger partial charge in [-0.3, -0.25) is 4.57 Å². The average Bonchev–Trinajstić information content (AvgIpc) is 2.64. The van der Waals surface area contributed by atoms with Gasteiger partial charge in [-0.1, -0.05) is 0 Å². The van der Waals surface area contributed by atoms with Crippen molar-refractivity contribution in [2.45, 2.75) is 13.5 Å². The highest BCUT2D eigenvalue weighted by molar-refractivity contribution is 9.10. The Morgan fingerprint density at radius 1 is 1.47 bits per heavy atom. The van der Waals surface area contributed by atoms with Crippen molar-refractivity contribution < 1.29 is 5.11 Å². The van der Waals surface area contributed by atoms with E-state index in [1.54, 1.807) is 12.4 Å². The molecule has 0 atom stereocenters. The van der Waals surface area contributed by atoms with E-state index < -0.39 is 0 Å². The summed E-state index contributed by atoms with van der Waals surface area (Å²) in [5, 5.41) is 9.24. The van der Waals surface area contributed by atoms with E-state index in [-0.39, 0.29) is 6.61 Å². The molecule has 4 nitrogen and oxygen atoms in total. The molecule has 5 heteroatoms. The summed E-state index contributed by atoms with van der Waals surface area (Å²) < 4.78 is 2.70. The first-order chi connectivity index (χ1) is 7.22. The van der Waals surface area contributed by atoms with Gasteiger partial charge in [0, 0.05) is 28.6 Å². The molecule has 0 aliphatic rings. The highest BCUT2D eigenvalue weighted by atomic mass is 79.9. The van der Waals surface area contributed by atoms with Crippen molar-refractivity contribution in [3.8, 4) is 5.82 Å². The van der Waals surface area contributed by atoms with Crippen LogP contribution in [0.15, 0.2) is 29.1 Å². The monoisotopic (exact) mass is 267 g/mol. The number of pyridine rings is 1. The van der Waals surface area contributed by atoms with Crippen LogP contribution in [0.25, 0.3) is 5.82 Å². The van der Waals surface area contributed by atoms with E-state index in [4.69, 9.17) is 0 Å². The standard InChI is InChI=1S/C10H10BrN3O/c1-7-12-2-3-14(7)10-8(6-15)4-9(11)5-13-10/h2-5,15H,6H2,1H3. The van der Waals surface area contributed by atoms with E-state index in [0.717, 1.165) is 21.7 Å². The summed E-state index contributed by atoms with van der Waals surface area (Å²) in [5.41, 5.74) is 0.769. The van der Waals surface area contributed by atoms with E-state index in [9.17, 15) is 5.11 Å². The smallest absolute Gasteiger partial charge is 0.143 e. The van der Waals surface area contributed by atoms with Gasteiger partial charge in [-0.25, -0.2) is 9.97 Å². The first-order valence-electron chi connectivity index (χ1n) is 4.48. The summed E-state index contributed by atoms with van der Waals surface area (Å²) in [6.07, 6.45) is 5.23. The number of aliphatic hydroxyl groups excluding tert-OH is 1. The summed E-state index contributed by atoms with van der Waals surface area (Å²) in [6.45, 7) is 1.85. The van der Waals surface area contributed by atoms with Crippen molar-refractivity contribution in [3.63, 3.8) is 0 Å². The zero-order valence-electron chi connectivity index (χ0n) is 8.18. The fourth-order valence-electron chi connectivity index (χ4n) is 1.41. The predicted molar refractivity (Wildman–Crippen MR) is 59.7 cm³/mol. The van der Waals surface area contributed by atoms with Gasteiger partial charge in [0.1, 0.15) is 11.6 Å². The minimum Gasteiger partial charge on any atom is -0.392 e. The van der Waals surface area contributed by atoms with Crippen LogP contribution in [0.5, 0.6) is 0 Å². The molecule has 78 valence electrons. The molecule has 0 aliphatic carbocycles. The number of aliphatic hydroxyl groups is 1. The Morgan fingerprint density at radius 2 is 2.27 bits per heavy atom. The van der Waals surface area contributed by atoms with Crippen molar-refractivity contribution in [1.29, 1.82) is 0 Å². The van der Waals surface area contributed by atoms with Crippen molar-refractivity contribution in [2.75, 3.05) is 0 Å². The molecule has 0 aliphatic heterocycles. The summed E-state index contributed by atoms with van der Waals surface area (Å²) in [4.78, 5) is 8.39. The number of imidazole rings is 1. The molecule has 0 saturated heterocycles. The van der Waals surface area contributed by atoms with Gasteiger partial charge in [-0.05, 0) is 28.9 Å². The predicted octanol–water partition coefficient (Wildman–Crippen LogP) is 1.83. The third-order valence-electron chi connectivity index (χ3n) is 2.13. The molecule has 0 radical (unpaired) electrons. The topological polar surface area (TPSA) is 50.9 Å². The normalized spacial score (nSPS) is 10.6. The molecule has 0 unspecified atom stereocenters. The maximum absolute atomic E-state index is 9.24. The second-order valence-corrected chi connectivity index (χ2v) is 4.05. The van der Waals surface area contributed by atoms with Gasteiger partial charge in [0.25, 0.3) is 0 Å². The van der Waals surface area contributed by atoms with Gasteiger partial charge in [-0.15, -0.1) is 0 Å². The average molecular weight is 268 g/mol. The largest absolute Gasteiger partial charge is 0.392 e. The minimum atomic E-state index is -0.0423. The van der Waals surface area contributed by atoms with Crippen LogP contribution in [0.1, 0.15) is 11.4 Å². The molecule has 2 rings (SSSR count). The molecular weight excluding hydrogens is 258 g/mol. The second kappa shape index (κ2) is 4.12. The van der Waals surface area contributed by atoms with Gasteiger partial charge in [-0.2, -0.15) is 0 Å². The third kappa shape index (κ3) is 1.93. The maximum atomic E-state index is 9.24. The van der Waals surface area contributed by atoms with Crippen LogP contribution in [0.2, 0.25) is 0 Å². The van der Waals surface area contributed by atoms with Crippen molar-refractivity contribution in [2.24, 2.45) is 0 Å². The Bertz CT molecular complexity index is 481. The Kier molecular flexibility index (Phi) is 2.83. The summed E-state index contributed by atoms with van der Waals surface area (Å²) in [7, 11) is 0. The molecule has 0 amide bonds. The van der Waals surface area contributed by atoms with Crippen LogP contribution in [-0.2, 0) is 6.61 Å². The van der Waals surface area contributed by atoms with E-state index in [1.807, 2.05) is 23.8 Å². The highest BCUT2D eigenvalue weighted by Crippen LogP contribution is 2.18. The number of halogens is 1. The zero-order valence-corrected chi connectivity index (χ0v) is 9.77. The highest BCUT2D eigenvalue weighted by Gasteiger charge is 2.08. The quantitative estimate of drug-likeness (QED) is 0.904. The Morgan fingerprint density at radius 3 is 2.87 bits per heavy atom. The SMILES string of the molecule is Cc1nccn1-c1ncc(Br)cc1CO. The van der Waals surface area contributed by atoms with Gasteiger partial charge in [0.2, 0.25) is 0 Å². The van der Waals surface area contributed by atoms with Gasteiger partial charge in [0.15, 0.2) is 0 Å². The lowest BCUT2D eigenvalue weighted by Crippen LogP contribution is -2.03. The number of hydrogen-bond donors (Lipinski definition) is 1. The van der Waals surface area contributed by atoms with E-state index in [1.165, 1.54) is 0 Å². The molecule has 2 heterocycles. The summed E-state index contributed by atoms with van der Waals surface area (Å²) in [5.74, 6) is 1.57. The molecule has 1 N–H and O–H groups in total. The van der Waals surface area contributed by atoms with Gasteiger partial charge < -0.3 is 5.11 Å². The maximum Gasteiger partial charge on any atom is 0.143 e. The van der Waals surface area contributed by atoms with Crippen molar-refractivity contribution in [1.82, 2.24) is 14.5 Å². The van der Waals surface area contributed by atoms with Crippen LogP contribution in [0.4, 0.5) is 0 Å². The lowest BCUT2D eigenvalue weighted by atomic mass is 10.2. The van der Waals surface area contributed by atoms with Crippen LogP contribution in [0, 0.1) is 6.92 Å². The Hall–Kier alpha value is -1.20. The fraction of sp³-hybridized carbons (Fsp3) is 0.200. The lowest BCUT2D eigenvalue weighted by Gasteiger charge is -2.08. The molecule has 0 fully saturated rings. The Labute approximate surface area is 95.7 Å². The van der Waals surface area contributed by atoms with Crippen molar-refractivity contribution in [3.05, 3.63) is 40.5 Å². The fourth-order valence-corrected chi connectivity index (χ4v) is 1.79. The van der Waals surface area contributed by atoms with Crippen LogP contribution < -0.4 is 0 Å². The molecule has 15 heavy (non-hydrogen) atoms. The summed E-state index contributed by atoms with van der Waals surface area (Å²) >= 11 is 3.32. The first-order valence-corrected chi connectivity index (χ1v) is 5.27. The molecule has 2 aromatic rings. The molecule has 0 saturated carbocycles. The molecule has 2 aromatic heterocycles. The summed E-state index contributed by atoms with van der Waals surface area (Å²) in [6, 6.07) is 1.85. The molecule has 0 spiro atoms. The molecular formula is C10H10BrN3O. The Balaban J connectivity index is 2.58. The lowest BCUT2D eigenvalue weighted by molar-refractivity contribution is 0.281. The van der Waals surface area contributed by atoms with E-state index >= 15 is 0 Å². The van der Waals surface area contributed by atoms with Crippen LogP contribution >= 0.6 is 15.9 Å².